The van der Waals surface area contributed by atoms with Crippen LogP contribution < -0.4 is 5.32 Å². The van der Waals surface area contributed by atoms with Crippen molar-refractivity contribution >= 4 is 17.7 Å². The maximum atomic E-state index is 13.0. The zero-order chi connectivity index (χ0) is 20.1. The van der Waals surface area contributed by atoms with Gasteiger partial charge in [0.15, 0.2) is 11.0 Å². The van der Waals surface area contributed by atoms with Gasteiger partial charge in [-0.15, -0.1) is 10.2 Å². The van der Waals surface area contributed by atoms with Crippen molar-refractivity contribution in [3.63, 3.8) is 0 Å². The van der Waals surface area contributed by atoms with Crippen molar-refractivity contribution in [3.05, 3.63) is 60.4 Å². The first-order chi connectivity index (χ1) is 14.3. The summed E-state index contributed by atoms with van der Waals surface area (Å²) in [6.45, 7) is 1.11. The SMILES string of the molecule is COCCn1c(S[C@@H](C(=O)NC2CC2)c2ccccc2)nnc1-c1ccncc1. The molecule has 150 valence electrons. The smallest absolute Gasteiger partial charge is 0.238 e. The van der Waals surface area contributed by atoms with Crippen LogP contribution in [0.1, 0.15) is 23.7 Å². The van der Waals surface area contributed by atoms with E-state index in [0.717, 1.165) is 29.8 Å². The fourth-order valence-electron chi connectivity index (χ4n) is 2.99. The van der Waals surface area contributed by atoms with Crippen LogP contribution in [0.5, 0.6) is 0 Å². The number of amides is 1. The summed E-state index contributed by atoms with van der Waals surface area (Å²) < 4.78 is 7.29. The molecule has 0 saturated heterocycles. The van der Waals surface area contributed by atoms with Crippen LogP contribution in [0.15, 0.2) is 60.0 Å². The molecule has 4 rings (SSSR count). The van der Waals surface area contributed by atoms with Gasteiger partial charge in [-0.3, -0.25) is 14.3 Å². The number of carbonyl (C=O) groups excluding carboxylic acids is 1. The number of aromatic nitrogens is 4. The summed E-state index contributed by atoms with van der Waals surface area (Å²) in [7, 11) is 1.67. The first-order valence-electron chi connectivity index (χ1n) is 9.61. The minimum atomic E-state index is -0.396. The van der Waals surface area contributed by atoms with Gasteiger partial charge in [0, 0.05) is 31.1 Å². The summed E-state index contributed by atoms with van der Waals surface area (Å²) in [6, 6.07) is 13.9. The van der Waals surface area contributed by atoms with Crippen LogP contribution in [-0.2, 0) is 16.1 Å². The lowest BCUT2D eigenvalue weighted by Gasteiger charge is -2.17. The lowest BCUT2D eigenvalue weighted by molar-refractivity contribution is -0.120. The summed E-state index contributed by atoms with van der Waals surface area (Å²) in [5.41, 5.74) is 1.87. The van der Waals surface area contributed by atoms with Crippen molar-refractivity contribution in [1.82, 2.24) is 25.1 Å². The number of pyridine rings is 1. The number of thioether (sulfide) groups is 1. The van der Waals surface area contributed by atoms with E-state index < -0.39 is 5.25 Å². The van der Waals surface area contributed by atoms with E-state index in [9.17, 15) is 4.79 Å². The molecular weight excluding hydrogens is 386 g/mol. The van der Waals surface area contributed by atoms with Gasteiger partial charge in [0.1, 0.15) is 5.25 Å². The molecule has 0 bridgehead atoms. The van der Waals surface area contributed by atoms with Crippen LogP contribution >= 0.6 is 11.8 Å². The third kappa shape index (κ3) is 4.83. The summed E-state index contributed by atoms with van der Waals surface area (Å²) in [4.78, 5) is 17.1. The van der Waals surface area contributed by atoms with Crippen LogP contribution in [-0.4, -0.2) is 45.4 Å². The van der Waals surface area contributed by atoms with Crippen LogP contribution in [0, 0.1) is 0 Å². The topological polar surface area (TPSA) is 81.9 Å². The number of methoxy groups -OCH3 is 1. The van der Waals surface area contributed by atoms with Gasteiger partial charge in [-0.25, -0.2) is 0 Å². The average Bonchev–Trinajstić information content (AvgIpc) is 3.49. The number of ether oxygens (including phenoxy) is 1. The number of rotatable bonds is 9. The zero-order valence-electron chi connectivity index (χ0n) is 16.2. The number of nitrogens with one attached hydrogen (secondary N) is 1. The minimum Gasteiger partial charge on any atom is -0.383 e. The normalized spacial score (nSPS) is 14.5. The predicted octanol–water partition coefficient (Wildman–Crippen LogP) is 3.10. The third-order valence-electron chi connectivity index (χ3n) is 4.66. The highest BCUT2D eigenvalue weighted by molar-refractivity contribution is 8.00. The standard InChI is InChI=1S/C21H23N5O2S/c1-28-14-13-26-19(16-9-11-22-12-10-16)24-25-21(26)29-18(15-5-3-2-4-6-15)20(27)23-17-7-8-17/h2-6,9-12,17-18H,7-8,13-14H2,1H3,(H,23,27)/t18-/m1/s1. The van der Waals surface area contributed by atoms with Crippen molar-refractivity contribution in [2.24, 2.45) is 0 Å². The van der Waals surface area contributed by atoms with Gasteiger partial charge in [0.05, 0.1) is 13.2 Å². The first kappa shape index (κ1) is 19.6. The summed E-state index contributed by atoms with van der Waals surface area (Å²) in [5, 5.41) is 12.2. The molecule has 1 atom stereocenters. The lowest BCUT2D eigenvalue weighted by Crippen LogP contribution is -2.30. The van der Waals surface area contributed by atoms with E-state index in [1.54, 1.807) is 19.5 Å². The zero-order valence-corrected chi connectivity index (χ0v) is 17.0. The highest BCUT2D eigenvalue weighted by atomic mass is 32.2. The van der Waals surface area contributed by atoms with Crippen LogP contribution in [0.25, 0.3) is 11.4 Å². The van der Waals surface area contributed by atoms with Gasteiger partial charge in [-0.2, -0.15) is 0 Å². The molecule has 1 N–H and O–H groups in total. The molecule has 0 aliphatic heterocycles. The lowest BCUT2D eigenvalue weighted by atomic mass is 10.1. The minimum absolute atomic E-state index is 0.00968. The molecule has 3 aromatic rings. The van der Waals surface area contributed by atoms with E-state index in [-0.39, 0.29) is 5.91 Å². The molecule has 1 amide bonds. The van der Waals surface area contributed by atoms with Crippen molar-refractivity contribution in [2.45, 2.75) is 35.8 Å². The van der Waals surface area contributed by atoms with Crippen LogP contribution in [0.4, 0.5) is 0 Å². The number of hydrogen-bond acceptors (Lipinski definition) is 6. The van der Waals surface area contributed by atoms with E-state index in [1.807, 2.05) is 47.0 Å². The summed E-state index contributed by atoms with van der Waals surface area (Å²) in [5.74, 6) is 0.747. The monoisotopic (exact) mass is 409 g/mol. The Kier molecular flexibility index (Phi) is 6.21. The Morgan fingerprint density at radius 2 is 1.97 bits per heavy atom. The van der Waals surface area contributed by atoms with Gasteiger partial charge < -0.3 is 10.1 Å². The molecule has 1 aromatic carbocycles. The maximum Gasteiger partial charge on any atom is 0.238 e. The summed E-state index contributed by atoms with van der Waals surface area (Å²) in [6.07, 6.45) is 5.56. The quantitative estimate of drug-likeness (QED) is 0.547. The second-order valence-corrected chi connectivity index (χ2v) is 7.95. The van der Waals surface area contributed by atoms with Gasteiger partial charge >= 0.3 is 0 Å². The Hall–Kier alpha value is -2.71. The molecule has 29 heavy (non-hydrogen) atoms. The van der Waals surface area contributed by atoms with Crippen molar-refractivity contribution in [3.8, 4) is 11.4 Å². The van der Waals surface area contributed by atoms with E-state index in [4.69, 9.17) is 4.74 Å². The first-order valence-corrected chi connectivity index (χ1v) is 10.5. The molecule has 8 heteroatoms. The van der Waals surface area contributed by atoms with E-state index in [1.165, 1.54) is 11.8 Å². The van der Waals surface area contributed by atoms with Crippen molar-refractivity contribution in [2.75, 3.05) is 13.7 Å². The molecule has 1 fully saturated rings. The Labute approximate surface area is 173 Å². The van der Waals surface area contributed by atoms with Crippen LogP contribution in [0.3, 0.4) is 0 Å². The highest BCUT2D eigenvalue weighted by Crippen LogP contribution is 2.36. The number of hydrogen-bond donors (Lipinski definition) is 1. The fraction of sp³-hybridized carbons (Fsp3) is 0.333. The van der Waals surface area contributed by atoms with E-state index in [0.29, 0.717) is 24.3 Å². The number of nitrogens with zero attached hydrogens (tertiary/aromatic N) is 4. The molecule has 1 aliphatic rings. The van der Waals surface area contributed by atoms with Gasteiger partial charge in [0.2, 0.25) is 5.91 Å². The predicted molar refractivity (Wildman–Crippen MR) is 111 cm³/mol. The average molecular weight is 410 g/mol. The van der Waals surface area contributed by atoms with E-state index >= 15 is 0 Å². The Balaban J connectivity index is 1.66. The second kappa shape index (κ2) is 9.19. The van der Waals surface area contributed by atoms with Gasteiger partial charge in [-0.05, 0) is 30.5 Å². The molecule has 0 unspecified atom stereocenters. The number of benzene rings is 1. The van der Waals surface area contributed by atoms with E-state index in [2.05, 4.69) is 20.5 Å². The molecule has 0 radical (unpaired) electrons. The Bertz CT molecular complexity index is 944. The highest BCUT2D eigenvalue weighted by Gasteiger charge is 2.30. The molecule has 1 saturated carbocycles. The molecule has 1 aliphatic carbocycles. The summed E-state index contributed by atoms with van der Waals surface area (Å²) >= 11 is 1.42. The second-order valence-electron chi connectivity index (χ2n) is 6.88. The third-order valence-corrected chi connectivity index (χ3v) is 5.90. The number of carbonyl (C=O) groups is 1. The molecule has 2 heterocycles. The Morgan fingerprint density at radius 1 is 1.21 bits per heavy atom. The van der Waals surface area contributed by atoms with Gasteiger partial charge in [-0.1, -0.05) is 42.1 Å². The molecule has 7 nitrogen and oxygen atoms in total. The molecule has 0 spiro atoms. The fourth-order valence-corrected chi connectivity index (χ4v) is 4.06. The largest absolute Gasteiger partial charge is 0.383 e. The van der Waals surface area contributed by atoms with Gasteiger partial charge in [0.25, 0.3) is 0 Å². The Morgan fingerprint density at radius 3 is 2.66 bits per heavy atom. The molecular formula is C21H23N5O2S. The maximum absolute atomic E-state index is 13.0. The molecule has 2 aromatic heterocycles. The van der Waals surface area contributed by atoms with Crippen LogP contribution in [0.2, 0.25) is 0 Å². The van der Waals surface area contributed by atoms with Crippen molar-refractivity contribution in [1.29, 1.82) is 0 Å². The van der Waals surface area contributed by atoms with Crippen molar-refractivity contribution < 1.29 is 9.53 Å².